The Morgan fingerprint density at radius 2 is 2.36 bits per heavy atom. The van der Waals surface area contributed by atoms with Crippen molar-refractivity contribution in [1.29, 1.82) is 5.53 Å². The van der Waals surface area contributed by atoms with E-state index in [1.165, 1.54) is 12.4 Å². The van der Waals surface area contributed by atoms with E-state index in [0.29, 0.717) is 0 Å². The molecule has 0 unspecified atom stereocenters. The van der Waals surface area contributed by atoms with Gasteiger partial charge < -0.3 is 0 Å². The van der Waals surface area contributed by atoms with E-state index in [0.717, 1.165) is 10.3 Å². The molecule has 0 aliphatic heterocycles. The molecule has 0 fully saturated rings. The summed E-state index contributed by atoms with van der Waals surface area (Å²) < 4.78 is 25.1. The predicted molar refractivity (Wildman–Crippen MR) is 33.8 cm³/mol. The summed E-state index contributed by atoms with van der Waals surface area (Å²) in [5, 5.41) is 0. The second-order valence-electron chi connectivity index (χ2n) is 1.55. The van der Waals surface area contributed by atoms with Gasteiger partial charge >= 0.3 is 10.2 Å². The molecule has 0 atom stereocenters. The van der Waals surface area contributed by atoms with Gasteiger partial charge in [0.25, 0.3) is 4.52 Å². The van der Waals surface area contributed by atoms with Crippen molar-refractivity contribution in [3.05, 3.63) is 18.7 Å². The SMILES string of the molecule is N=[N+]=NS(=O)(=O)n1ccnc1. The fourth-order valence-corrected chi connectivity index (χ4v) is 1.05. The van der Waals surface area contributed by atoms with Gasteiger partial charge in [0.05, 0.1) is 0 Å². The quantitative estimate of drug-likeness (QED) is 0.484. The van der Waals surface area contributed by atoms with E-state index in [2.05, 4.69) is 14.4 Å². The molecular weight excluding hydrogens is 170 g/mol. The lowest BCUT2D eigenvalue weighted by molar-refractivity contribution is 0.585. The summed E-state index contributed by atoms with van der Waals surface area (Å²) in [5.74, 6) is 0. The van der Waals surface area contributed by atoms with Crippen LogP contribution in [-0.4, -0.2) is 17.4 Å². The van der Waals surface area contributed by atoms with E-state index in [-0.39, 0.29) is 0 Å². The van der Waals surface area contributed by atoms with Gasteiger partial charge in [-0.15, -0.1) is 0 Å². The van der Waals surface area contributed by atoms with Gasteiger partial charge in [-0.1, -0.05) is 0 Å². The number of hydrogen-bond acceptors (Lipinski definition) is 4. The molecule has 0 saturated carbocycles. The van der Waals surface area contributed by atoms with Gasteiger partial charge in [0.15, 0.2) is 0 Å². The largest absolute Gasteiger partial charge is 0.421 e. The van der Waals surface area contributed by atoms with Gasteiger partial charge in [-0.2, -0.15) is 8.42 Å². The Morgan fingerprint density at radius 3 is 2.82 bits per heavy atom. The molecule has 0 bridgehead atoms. The highest BCUT2D eigenvalue weighted by Gasteiger charge is 2.15. The lowest BCUT2D eigenvalue weighted by Gasteiger charge is -1.86. The minimum absolute atomic E-state index is 0.755. The van der Waals surface area contributed by atoms with Gasteiger partial charge in [0.1, 0.15) is 11.9 Å². The summed E-state index contributed by atoms with van der Waals surface area (Å²) in [7, 11) is -3.84. The highest BCUT2D eigenvalue weighted by molar-refractivity contribution is 7.88. The Kier molecular flexibility index (Phi) is 1.79. The zero-order valence-corrected chi connectivity index (χ0v) is 6.06. The molecule has 1 N–H and O–H groups in total. The molecule has 1 heterocycles. The Hall–Kier alpha value is -1.53. The Balaban J connectivity index is 3.22. The molecule has 11 heavy (non-hydrogen) atoms. The highest BCUT2D eigenvalue weighted by atomic mass is 32.2. The summed E-state index contributed by atoms with van der Waals surface area (Å²) in [6.07, 6.45) is 3.55. The average molecular weight is 174 g/mol. The second-order valence-corrected chi connectivity index (χ2v) is 3.03. The van der Waals surface area contributed by atoms with Crippen LogP contribution in [0.5, 0.6) is 0 Å². The van der Waals surface area contributed by atoms with Crippen LogP contribution in [0.1, 0.15) is 0 Å². The van der Waals surface area contributed by atoms with E-state index in [4.69, 9.17) is 5.53 Å². The molecule has 0 aliphatic rings. The Morgan fingerprint density at radius 1 is 1.64 bits per heavy atom. The molecule has 8 heteroatoms. The molecule has 1 rings (SSSR count). The van der Waals surface area contributed by atoms with Crippen LogP contribution < -0.4 is 4.91 Å². The highest BCUT2D eigenvalue weighted by Crippen LogP contribution is 1.95. The zero-order chi connectivity index (χ0) is 8.32. The maximum Gasteiger partial charge on any atom is 0.421 e. The molecule has 7 nitrogen and oxygen atoms in total. The predicted octanol–water partition coefficient (Wildman–Crippen LogP) is -0.474. The van der Waals surface area contributed by atoms with Crippen molar-refractivity contribution in [2.24, 2.45) is 4.52 Å². The second kappa shape index (κ2) is 2.60. The van der Waals surface area contributed by atoms with Crippen LogP contribution in [0, 0.1) is 5.53 Å². The molecule has 0 aliphatic carbocycles. The first-order valence-electron chi connectivity index (χ1n) is 2.49. The van der Waals surface area contributed by atoms with Crippen molar-refractivity contribution in [1.82, 2.24) is 13.9 Å². The lowest BCUT2D eigenvalue weighted by atomic mass is 11.0. The summed E-state index contributed by atoms with van der Waals surface area (Å²) in [4.78, 5) is 5.89. The molecule has 0 spiro atoms. The fourth-order valence-electron chi connectivity index (χ4n) is 0.477. The van der Waals surface area contributed by atoms with E-state index in [1.54, 1.807) is 0 Å². The summed E-state index contributed by atoms with van der Waals surface area (Å²) >= 11 is 0. The topological polar surface area (TPSA) is 102 Å². The zero-order valence-electron chi connectivity index (χ0n) is 5.25. The molecular formula is C3H4N5O2S+. The average Bonchev–Trinajstić information content (AvgIpc) is 2.37. The van der Waals surface area contributed by atoms with Crippen molar-refractivity contribution in [2.75, 3.05) is 0 Å². The fraction of sp³-hybridized carbons (Fsp3) is 0. The monoisotopic (exact) mass is 174 g/mol. The normalized spacial score (nSPS) is 10.5. The molecule has 58 valence electrons. The van der Waals surface area contributed by atoms with Crippen LogP contribution in [0.4, 0.5) is 0 Å². The van der Waals surface area contributed by atoms with Gasteiger partial charge in [-0.05, 0) is 0 Å². The van der Waals surface area contributed by atoms with Crippen LogP contribution in [0.3, 0.4) is 0 Å². The van der Waals surface area contributed by atoms with Crippen LogP contribution in [-0.2, 0) is 10.2 Å². The standard InChI is InChI=1S/C3H4N5O2S/c4-6-7-11(9,10)8-2-1-5-3-8/h1-4H/q+1. The summed E-state index contributed by atoms with van der Waals surface area (Å²) in [5.41, 5.74) is 6.21. The van der Waals surface area contributed by atoms with E-state index >= 15 is 0 Å². The first kappa shape index (κ1) is 7.58. The van der Waals surface area contributed by atoms with Gasteiger partial charge in [0.2, 0.25) is 4.91 Å². The van der Waals surface area contributed by atoms with Crippen molar-refractivity contribution < 1.29 is 8.42 Å². The third-order valence-corrected chi connectivity index (χ3v) is 1.93. The van der Waals surface area contributed by atoms with E-state index in [1.807, 2.05) is 0 Å². The molecule has 0 saturated heterocycles. The third-order valence-electron chi connectivity index (χ3n) is 0.891. The first-order chi connectivity index (χ1) is 5.17. The van der Waals surface area contributed by atoms with Crippen molar-refractivity contribution in [3.63, 3.8) is 0 Å². The van der Waals surface area contributed by atoms with Gasteiger partial charge in [-0.25, -0.2) is 8.96 Å². The van der Waals surface area contributed by atoms with Crippen LogP contribution >= 0.6 is 0 Å². The first-order valence-corrected chi connectivity index (χ1v) is 3.89. The van der Waals surface area contributed by atoms with Crippen molar-refractivity contribution in [3.8, 4) is 0 Å². The lowest BCUT2D eigenvalue weighted by Crippen LogP contribution is -2.06. The van der Waals surface area contributed by atoms with Gasteiger partial charge in [-0.3, -0.25) is 0 Å². The number of nitrogens with zero attached hydrogens (tertiary/aromatic N) is 4. The van der Waals surface area contributed by atoms with E-state index < -0.39 is 10.2 Å². The number of rotatable bonds is 2. The smallest absolute Gasteiger partial charge is 0.244 e. The Bertz CT molecular complexity index is 372. The summed E-state index contributed by atoms with van der Waals surface area (Å²) in [6, 6.07) is 0. The molecule has 0 amide bonds. The number of nitrogens with one attached hydrogen (secondary N) is 1. The molecule has 0 radical (unpaired) electrons. The van der Waals surface area contributed by atoms with Gasteiger partial charge in [0, 0.05) is 12.4 Å². The van der Waals surface area contributed by atoms with Crippen molar-refractivity contribution >= 4 is 10.2 Å². The van der Waals surface area contributed by atoms with Crippen molar-refractivity contribution in [2.45, 2.75) is 0 Å². The van der Waals surface area contributed by atoms with Crippen LogP contribution in [0.2, 0.25) is 0 Å². The van der Waals surface area contributed by atoms with Crippen LogP contribution in [0.25, 0.3) is 0 Å². The van der Waals surface area contributed by atoms with E-state index in [9.17, 15) is 8.42 Å². The minimum Gasteiger partial charge on any atom is -0.244 e. The minimum atomic E-state index is -3.84. The molecule has 1 aromatic heterocycles. The third kappa shape index (κ3) is 1.48. The van der Waals surface area contributed by atoms with Crippen LogP contribution in [0.15, 0.2) is 23.2 Å². The maximum atomic E-state index is 10.8. The Labute approximate surface area is 62.1 Å². The molecule has 1 aromatic rings. The maximum absolute atomic E-state index is 10.8. The summed E-state index contributed by atoms with van der Waals surface area (Å²) in [6.45, 7) is 0. The number of aromatic nitrogens is 2. The molecule has 0 aromatic carbocycles. The number of imidazole rings is 1. The number of hydrogen-bond donors (Lipinski definition) is 1.